The summed E-state index contributed by atoms with van der Waals surface area (Å²) in [4.78, 5) is 24.8. The molecule has 0 bridgehead atoms. The summed E-state index contributed by atoms with van der Waals surface area (Å²) in [5.74, 6) is -0.222. The first kappa shape index (κ1) is 13.0. The zero-order valence-electron chi connectivity index (χ0n) is 9.99. The molecule has 0 saturated carbocycles. The molecule has 1 heterocycles. The summed E-state index contributed by atoms with van der Waals surface area (Å²) < 4.78 is 0. The number of nitrogens with one attached hydrogen (secondary N) is 2. The maximum atomic E-state index is 11.9. The van der Waals surface area contributed by atoms with Crippen molar-refractivity contribution in [1.29, 1.82) is 0 Å². The van der Waals surface area contributed by atoms with E-state index in [9.17, 15) is 9.59 Å². The molecule has 0 aliphatic heterocycles. The van der Waals surface area contributed by atoms with E-state index in [0.717, 1.165) is 0 Å². The minimum absolute atomic E-state index is 0.0299. The van der Waals surface area contributed by atoms with Gasteiger partial charge in [0.05, 0.1) is 6.54 Å². The number of hydrogen-bond donors (Lipinski definition) is 3. The zero-order valence-corrected chi connectivity index (χ0v) is 9.99. The first-order valence-corrected chi connectivity index (χ1v) is 5.45. The monoisotopic (exact) mass is 239 g/mol. The number of amides is 2. The Morgan fingerprint density at radius 1 is 1.53 bits per heavy atom. The lowest BCUT2D eigenvalue weighted by Gasteiger charge is -2.19. The summed E-state index contributed by atoms with van der Waals surface area (Å²) in [7, 11) is 0. The van der Waals surface area contributed by atoms with Gasteiger partial charge < -0.3 is 16.0 Å². The standard InChI is InChI=1S/C10H17N5O2/c1-3-12-9(16)6-15(4-2)10(17)7-5-8(11)14-13-7/h5H,3-4,6H2,1-2H3,(H,12,16)(H3,11,13,14). The Kier molecular flexibility index (Phi) is 4.50. The van der Waals surface area contributed by atoms with Gasteiger partial charge in [0.1, 0.15) is 11.5 Å². The van der Waals surface area contributed by atoms with Gasteiger partial charge >= 0.3 is 0 Å². The number of anilines is 1. The molecule has 1 aromatic heterocycles. The number of H-pyrrole nitrogens is 1. The highest BCUT2D eigenvalue weighted by Gasteiger charge is 2.18. The fourth-order valence-electron chi connectivity index (χ4n) is 1.37. The fraction of sp³-hybridized carbons (Fsp3) is 0.500. The van der Waals surface area contributed by atoms with Crippen LogP contribution in [0.25, 0.3) is 0 Å². The number of aromatic amines is 1. The molecule has 0 aliphatic rings. The van der Waals surface area contributed by atoms with Gasteiger partial charge in [0, 0.05) is 19.2 Å². The number of nitrogens with two attached hydrogens (primary N) is 1. The van der Waals surface area contributed by atoms with Crippen LogP contribution in [-0.2, 0) is 4.79 Å². The fourth-order valence-corrected chi connectivity index (χ4v) is 1.37. The smallest absolute Gasteiger partial charge is 0.272 e. The van der Waals surface area contributed by atoms with Crippen molar-refractivity contribution in [3.63, 3.8) is 0 Å². The van der Waals surface area contributed by atoms with E-state index in [0.29, 0.717) is 13.1 Å². The zero-order chi connectivity index (χ0) is 12.8. The Morgan fingerprint density at radius 2 is 2.24 bits per heavy atom. The van der Waals surface area contributed by atoms with Crippen LogP contribution in [0.3, 0.4) is 0 Å². The maximum absolute atomic E-state index is 11.9. The molecule has 0 saturated heterocycles. The van der Waals surface area contributed by atoms with Gasteiger partial charge in [0.25, 0.3) is 5.91 Å². The average Bonchev–Trinajstić information content (AvgIpc) is 2.72. The quantitative estimate of drug-likeness (QED) is 0.649. The first-order chi connectivity index (χ1) is 8.08. The highest BCUT2D eigenvalue weighted by Crippen LogP contribution is 2.04. The summed E-state index contributed by atoms with van der Waals surface area (Å²) in [6, 6.07) is 1.45. The van der Waals surface area contributed by atoms with E-state index in [2.05, 4.69) is 15.5 Å². The number of rotatable bonds is 5. The summed E-state index contributed by atoms with van der Waals surface area (Å²) >= 11 is 0. The molecule has 0 atom stereocenters. The van der Waals surface area contributed by atoms with Crippen LogP contribution < -0.4 is 11.1 Å². The third-order valence-corrected chi connectivity index (χ3v) is 2.21. The highest BCUT2D eigenvalue weighted by atomic mass is 16.2. The van der Waals surface area contributed by atoms with Crippen LogP contribution in [-0.4, -0.2) is 46.5 Å². The molecule has 0 spiro atoms. The Morgan fingerprint density at radius 3 is 2.71 bits per heavy atom. The second-order valence-electron chi connectivity index (χ2n) is 3.48. The molecule has 1 aromatic rings. The van der Waals surface area contributed by atoms with Crippen LogP contribution in [0.5, 0.6) is 0 Å². The highest BCUT2D eigenvalue weighted by molar-refractivity contribution is 5.95. The van der Waals surface area contributed by atoms with Gasteiger partial charge in [0.2, 0.25) is 5.91 Å². The van der Waals surface area contributed by atoms with Crippen LogP contribution in [0.4, 0.5) is 5.82 Å². The molecular formula is C10H17N5O2. The van der Waals surface area contributed by atoms with Crippen LogP contribution in [0.2, 0.25) is 0 Å². The van der Waals surface area contributed by atoms with E-state index >= 15 is 0 Å². The molecular weight excluding hydrogens is 222 g/mol. The number of likely N-dealkylation sites (N-methyl/N-ethyl adjacent to an activating group) is 2. The lowest BCUT2D eigenvalue weighted by Crippen LogP contribution is -2.40. The first-order valence-electron chi connectivity index (χ1n) is 5.45. The van der Waals surface area contributed by atoms with Crippen molar-refractivity contribution in [2.45, 2.75) is 13.8 Å². The largest absolute Gasteiger partial charge is 0.382 e. The van der Waals surface area contributed by atoms with Gasteiger partial charge in [-0.2, -0.15) is 5.10 Å². The number of hydrogen-bond acceptors (Lipinski definition) is 4. The number of aromatic nitrogens is 2. The number of nitrogen functional groups attached to an aromatic ring is 1. The topological polar surface area (TPSA) is 104 Å². The molecule has 0 aromatic carbocycles. The van der Waals surface area contributed by atoms with Crippen molar-refractivity contribution >= 4 is 17.6 Å². The number of carbonyl (C=O) groups excluding carboxylic acids is 2. The van der Waals surface area contributed by atoms with E-state index in [1.165, 1.54) is 11.0 Å². The Hall–Kier alpha value is -2.05. The van der Waals surface area contributed by atoms with Crippen LogP contribution in [0, 0.1) is 0 Å². The number of nitrogens with zero attached hydrogens (tertiary/aromatic N) is 2. The van der Waals surface area contributed by atoms with E-state index in [-0.39, 0.29) is 29.9 Å². The van der Waals surface area contributed by atoms with Crippen molar-refractivity contribution in [2.75, 3.05) is 25.4 Å². The van der Waals surface area contributed by atoms with Gasteiger partial charge in [-0.3, -0.25) is 14.7 Å². The molecule has 17 heavy (non-hydrogen) atoms. The van der Waals surface area contributed by atoms with E-state index < -0.39 is 0 Å². The summed E-state index contributed by atoms with van der Waals surface area (Å²) in [6.45, 7) is 4.64. The molecule has 7 nitrogen and oxygen atoms in total. The predicted molar refractivity (Wildman–Crippen MR) is 63.3 cm³/mol. The molecule has 94 valence electrons. The van der Waals surface area contributed by atoms with Crippen molar-refractivity contribution in [2.24, 2.45) is 0 Å². The molecule has 2 amide bonds. The molecule has 4 N–H and O–H groups in total. The second-order valence-corrected chi connectivity index (χ2v) is 3.48. The summed E-state index contributed by atoms with van der Waals surface area (Å²) in [5, 5.41) is 8.84. The van der Waals surface area contributed by atoms with Crippen molar-refractivity contribution < 1.29 is 9.59 Å². The van der Waals surface area contributed by atoms with E-state index in [1.807, 2.05) is 6.92 Å². The van der Waals surface area contributed by atoms with Gasteiger partial charge in [-0.15, -0.1) is 0 Å². The molecule has 1 rings (SSSR count). The van der Waals surface area contributed by atoms with Crippen LogP contribution in [0.15, 0.2) is 6.07 Å². The van der Waals surface area contributed by atoms with E-state index in [1.54, 1.807) is 6.92 Å². The van der Waals surface area contributed by atoms with Gasteiger partial charge in [-0.05, 0) is 13.8 Å². The minimum atomic E-state index is -0.289. The Bertz CT molecular complexity index is 401. The SMILES string of the molecule is CCNC(=O)CN(CC)C(=O)c1cc(N)n[nH]1. The molecule has 0 unspecified atom stereocenters. The summed E-state index contributed by atoms with van der Waals surface area (Å²) in [5.41, 5.74) is 5.70. The average molecular weight is 239 g/mol. The summed E-state index contributed by atoms with van der Waals surface area (Å²) in [6.07, 6.45) is 0. The lowest BCUT2D eigenvalue weighted by atomic mass is 10.3. The number of carbonyl (C=O) groups is 2. The van der Waals surface area contributed by atoms with Crippen molar-refractivity contribution in [1.82, 2.24) is 20.4 Å². The normalized spacial score (nSPS) is 10.0. The molecule has 0 fully saturated rings. The second kappa shape index (κ2) is 5.88. The third-order valence-electron chi connectivity index (χ3n) is 2.21. The van der Waals surface area contributed by atoms with Crippen molar-refractivity contribution in [3.05, 3.63) is 11.8 Å². The third kappa shape index (κ3) is 3.47. The molecule has 0 aliphatic carbocycles. The van der Waals surface area contributed by atoms with Gasteiger partial charge in [-0.25, -0.2) is 0 Å². The maximum Gasteiger partial charge on any atom is 0.272 e. The molecule has 0 radical (unpaired) electrons. The lowest BCUT2D eigenvalue weighted by molar-refractivity contribution is -0.121. The van der Waals surface area contributed by atoms with Crippen molar-refractivity contribution in [3.8, 4) is 0 Å². The van der Waals surface area contributed by atoms with Crippen LogP contribution >= 0.6 is 0 Å². The Labute approximate surface area is 99.4 Å². The van der Waals surface area contributed by atoms with Gasteiger partial charge in [0.15, 0.2) is 0 Å². The van der Waals surface area contributed by atoms with E-state index in [4.69, 9.17) is 5.73 Å². The Balaban J connectivity index is 2.67. The molecule has 7 heteroatoms. The predicted octanol–water partition coefficient (Wildman–Crippen LogP) is -0.410. The van der Waals surface area contributed by atoms with Gasteiger partial charge in [-0.1, -0.05) is 0 Å². The van der Waals surface area contributed by atoms with Crippen LogP contribution in [0.1, 0.15) is 24.3 Å². The minimum Gasteiger partial charge on any atom is -0.382 e.